The van der Waals surface area contributed by atoms with Gasteiger partial charge in [0.15, 0.2) is 0 Å². The number of hydrogen-bond donors (Lipinski definition) is 5. The molecule has 104 valence electrons. The van der Waals surface area contributed by atoms with Crippen LogP contribution in [0.2, 0.25) is 0 Å². The van der Waals surface area contributed by atoms with E-state index in [0.717, 1.165) is 0 Å². The second kappa shape index (κ2) is 101. The summed E-state index contributed by atoms with van der Waals surface area (Å²) in [6.07, 6.45) is 0. The summed E-state index contributed by atoms with van der Waals surface area (Å²) in [7, 11) is -2.92. The van der Waals surface area contributed by atoms with E-state index in [0.29, 0.717) is 0 Å². The van der Waals surface area contributed by atoms with Crippen molar-refractivity contribution in [2.45, 2.75) is 13.8 Å². The molecule has 0 spiro atoms. The van der Waals surface area contributed by atoms with Crippen molar-refractivity contribution in [1.29, 1.82) is 0 Å². The van der Waals surface area contributed by atoms with Gasteiger partial charge in [0.2, 0.25) is 0 Å². The van der Waals surface area contributed by atoms with E-state index < -0.39 is 7.32 Å². The Bertz CT molecular complexity index is 43.8. The third-order valence-electron chi connectivity index (χ3n) is 0. The molecular formula is C4H30BN5O5. The van der Waals surface area contributed by atoms with Crippen molar-refractivity contribution in [3.05, 3.63) is 0 Å². The number of quaternary nitrogens is 5. The summed E-state index contributed by atoms with van der Waals surface area (Å²) in [6, 6.07) is 0. The van der Waals surface area contributed by atoms with Crippen molar-refractivity contribution in [3.8, 4) is 0 Å². The van der Waals surface area contributed by atoms with Gasteiger partial charge in [-0.2, -0.15) is 0 Å². The fourth-order valence-electron chi connectivity index (χ4n) is 0. The van der Waals surface area contributed by atoms with Crippen LogP contribution in [0.15, 0.2) is 0 Å². The molecule has 0 aliphatic heterocycles. The average Bonchev–Trinajstić information content (AvgIpc) is 1.65. The van der Waals surface area contributed by atoms with Gasteiger partial charge in [0.05, 0.1) is 0 Å². The predicted octanol–water partition coefficient (Wildman–Crippen LogP) is -3.33. The molecule has 0 rings (SSSR count). The SMILES string of the molecule is CC[O-].CC[O-].[NH4+].[NH4+].[NH4+].[NH4+].[NH4+].[O-]B([O-])[O-]. The van der Waals surface area contributed by atoms with Gasteiger partial charge in [-0.05, 0) is 0 Å². The van der Waals surface area contributed by atoms with Crippen LogP contribution in [0.3, 0.4) is 0 Å². The van der Waals surface area contributed by atoms with Gasteiger partial charge in [0.25, 0.3) is 0 Å². The Balaban J connectivity index is -0.00000000707. The lowest BCUT2D eigenvalue weighted by atomic mass is 10.3. The smallest absolute Gasteiger partial charge is 0.0809 e. The van der Waals surface area contributed by atoms with Crippen LogP contribution in [-0.4, -0.2) is 20.5 Å². The molecule has 0 aliphatic rings. The maximum absolute atomic E-state index is 8.93. The fraction of sp³-hybridized carbons (Fsp3) is 1.00. The normalized spacial score (nSPS) is 4.20. The minimum atomic E-state index is -2.92. The highest BCUT2D eigenvalue weighted by Gasteiger charge is 1.17. The first kappa shape index (κ1) is 61.6. The zero-order valence-electron chi connectivity index (χ0n) is 11.0. The van der Waals surface area contributed by atoms with E-state index in [1.165, 1.54) is 0 Å². The topological polar surface area (TPSA) is 298 Å². The van der Waals surface area contributed by atoms with Gasteiger partial charge in [0, 0.05) is 0 Å². The molecule has 0 aromatic carbocycles. The molecule has 20 N–H and O–H groups in total. The quantitative estimate of drug-likeness (QED) is 0.269. The third-order valence-corrected chi connectivity index (χ3v) is 0. The van der Waals surface area contributed by atoms with E-state index in [9.17, 15) is 0 Å². The van der Waals surface area contributed by atoms with Crippen LogP contribution in [0.1, 0.15) is 13.8 Å². The second-order valence-corrected chi connectivity index (χ2v) is 0.866. The lowest BCUT2D eigenvalue weighted by Crippen LogP contribution is -2.56. The van der Waals surface area contributed by atoms with Crippen LogP contribution in [0.4, 0.5) is 0 Å². The molecule has 0 aromatic rings. The fourth-order valence-corrected chi connectivity index (χ4v) is 0. The van der Waals surface area contributed by atoms with E-state index in [-0.39, 0.29) is 44.0 Å². The molecule has 0 amide bonds. The molecule has 0 saturated heterocycles. The van der Waals surface area contributed by atoms with E-state index in [4.69, 9.17) is 25.3 Å². The van der Waals surface area contributed by atoms with Crippen molar-refractivity contribution in [1.82, 2.24) is 30.8 Å². The van der Waals surface area contributed by atoms with Gasteiger partial charge < -0.3 is 56.0 Å². The van der Waals surface area contributed by atoms with E-state index >= 15 is 0 Å². The number of hydrogen-bond acceptors (Lipinski definition) is 5. The average molecular weight is 239 g/mol. The molecule has 0 heterocycles. The molecule has 0 aliphatic carbocycles. The lowest BCUT2D eigenvalue weighted by molar-refractivity contribution is -0.479. The first-order valence-electron chi connectivity index (χ1n) is 2.70. The van der Waals surface area contributed by atoms with Crippen molar-refractivity contribution in [2.75, 3.05) is 13.2 Å². The molecular weight excluding hydrogens is 209 g/mol. The summed E-state index contributed by atoms with van der Waals surface area (Å²) in [4.78, 5) is 0. The third kappa shape index (κ3) is 16600. The van der Waals surface area contributed by atoms with Crippen LogP contribution in [0.25, 0.3) is 0 Å². The Hall–Kier alpha value is -0.335. The highest BCUT2D eigenvalue weighted by Crippen LogP contribution is 1.19. The maximum atomic E-state index is 8.93. The Morgan fingerprint density at radius 3 is 0.667 bits per heavy atom. The van der Waals surface area contributed by atoms with Crippen molar-refractivity contribution >= 4 is 7.32 Å². The monoisotopic (exact) mass is 239 g/mol. The molecule has 15 heavy (non-hydrogen) atoms. The molecule has 0 atom stereocenters. The zero-order chi connectivity index (χ0) is 8.99. The summed E-state index contributed by atoms with van der Waals surface area (Å²) < 4.78 is 0. The second-order valence-electron chi connectivity index (χ2n) is 0.866. The Morgan fingerprint density at radius 2 is 0.667 bits per heavy atom. The molecule has 0 fully saturated rings. The Morgan fingerprint density at radius 1 is 0.667 bits per heavy atom. The van der Waals surface area contributed by atoms with E-state index in [1.54, 1.807) is 13.8 Å². The minimum absolute atomic E-state index is 0. The minimum Gasteiger partial charge on any atom is -0.907 e. The first-order chi connectivity index (χ1) is 4.56. The van der Waals surface area contributed by atoms with Gasteiger partial charge in [-0.15, -0.1) is 13.2 Å². The van der Waals surface area contributed by atoms with Crippen LogP contribution in [0, 0.1) is 0 Å². The lowest BCUT2D eigenvalue weighted by Gasteiger charge is -2.35. The summed E-state index contributed by atoms with van der Waals surface area (Å²) in [6.45, 7) is 3.14. The summed E-state index contributed by atoms with van der Waals surface area (Å²) in [5.74, 6) is 0. The molecule has 0 bridgehead atoms. The Kier molecular flexibility index (Phi) is 414. The molecule has 0 aromatic heterocycles. The van der Waals surface area contributed by atoms with Gasteiger partial charge in [-0.3, -0.25) is 7.32 Å². The molecule has 10 nitrogen and oxygen atoms in total. The summed E-state index contributed by atoms with van der Waals surface area (Å²) >= 11 is 0. The number of rotatable bonds is 0. The van der Waals surface area contributed by atoms with Crippen LogP contribution in [-0.2, 0) is 0 Å². The molecule has 0 saturated carbocycles. The molecule has 0 radical (unpaired) electrons. The van der Waals surface area contributed by atoms with Gasteiger partial charge in [0.1, 0.15) is 0 Å². The van der Waals surface area contributed by atoms with Gasteiger partial charge in [-0.25, -0.2) is 0 Å². The largest absolute Gasteiger partial charge is 0.907 e. The summed E-state index contributed by atoms with van der Waals surface area (Å²) in [5, 5.41) is 43.1. The van der Waals surface area contributed by atoms with E-state index in [1.807, 2.05) is 0 Å². The Labute approximate surface area is 91.4 Å². The van der Waals surface area contributed by atoms with Gasteiger partial charge >= 0.3 is 0 Å². The first-order valence-corrected chi connectivity index (χ1v) is 2.70. The predicted molar refractivity (Wildman–Crippen MR) is 56.8 cm³/mol. The molecule has 11 heteroatoms. The zero-order valence-corrected chi connectivity index (χ0v) is 11.0. The van der Waals surface area contributed by atoms with E-state index in [2.05, 4.69) is 0 Å². The van der Waals surface area contributed by atoms with Crippen LogP contribution < -0.4 is 56.0 Å². The van der Waals surface area contributed by atoms with Crippen molar-refractivity contribution in [2.24, 2.45) is 0 Å². The summed E-state index contributed by atoms with van der Waals surface area (Å²) in [5.41, 5.74) is 0. The maximum Gasteiger partial charge on any atom is -0.0809 e. The highest BCUT2D eigenvalue weighted by atomic mass is 16.5. The highest BCUT2D eigenvalue weighted by molar-refractivity contribution is 6.24. The molecule has 0 unspecified atom stereocenters. The standard InChI is InChI=1S/2C2H5O.BO3.5H3N/c2*1-2-3;2-1(3)4;;;;;/h2*2H2,1H3;;5*1H3/q2*-1;-3;;;;;/p+5. The van der Waals surface area contributed by atoms with Gasteiger partial charge in [-0.1, -0.05) is 13.8 Å². The van der Waals surface area contributed by atoms with Crippen molar-refractivity contribution in [3.63, 3.8) is 0 Å². The van der Waals surface area contributed by atoms with Crippen LogP contribution >= 0.6 is 0 Å². The van der Waals surface area contributed by atoms with Crippen LogP contribution in [0.5, 0.6) is 0 Å². The van der Waals surface area contributed by atoms with Crippen molar-refractivity contribution < 1.29 is 25.3 Å².